The molecule has 0 aromatic heterocycles. The van der Waals surface area contributed by atoms with E-state index in [9.17, 15) is 79.0 Å². The van der Waals surface area contributed by atoms with Gasteiger partial charge in [-0.05, 0) is 205 Å². The highest BCUT2D eigenvalue weighted by Gasteiger charge is 2.30. The number of aryl methyl sites for hydroxylation is 9. The molecule has 0 aliphatic heterocycles. The smallest absolute Gasteiger partial charge is 0.207 e. The molecule has 0 bridgehead atoms. The lowest BCUT2D eigenvalue weighted by molar-refractivity contribution is -0.138. The molecule has 0 aliphatic rings. The minimum atomic E-state index is -4.22. The van der Waals surface area contributed by atoms with Crippen molar-refractivity contribution in [2.24, 2.45) is 0 Å². The predicted molar refractivity (Wildman–Crippen MR) is 332 cm³/mol. The molecule has 0 saturated heterocycles. The molecule has 92 heavy (non-hydrogen) atoms. The fourth-order valence-corrected chi connectivity index (χ4v) is 7.39. The number of halogens is 18. The summed E-state index contributed by atoms with van der Waals surface area (Å²) in [5.41, 5.74) is 5.64. The monoisotopic (exact) mass is 1310 g/mol. The van der Waals surface area contributed by atoms with Crippen molar-refractivity contribution < 1.29 is 79.0 Å². The maximum atomic E-state index is 12.6. The van der Waals surface area contributed by atoms with E-state index in [2.05, 4.69) is 0 Å². The zero-order valence-corrected chi connectivity index (χ0v) is 52.6. The molecule has 0 spiro atoms. The van der Waals surface area contributed by atoms with E-state index in [1.54, 1.807) is 56.3 Å². The number of hydrogen-bond donors (Lipinski definition) is 0. The Kier molecular flexibility index (Phi) is 38.6. The van der Waals surface area contributed by atoms with Crippen molar-refractivity contribution in [3.05, 3.63) is 319 Å². The van der Waals surface area contributed by atoms with E-state index < -0.39 is 70.0 Å². The average Bonchev–Trinajstić information content (AvgIpc) is 2.60. The average molecular weight is 1310 g/mol. The molecular weight excluding hydrogens is 1230 g/mol. The molecule has 9 aromatic rings. The largest absolute Gasteiger partial charge is 0.416 e. The molecule has 0 nitrogen and oxygen atoms in total. The van der Waals surface area contributed by atoms with E-state index in [-0.39, 0.29) is 23.3 Å². The van der Waals surface area contributed by atoms with Crippen LogP contribution in [0.3, 0.4) is 0 Å². The first kappa shape index (κ1) is 81.7. The molecule has 9 aromatic carbocycles. The number of rotatable bonds is 9. The van der Waals surface area contributed by atoms with Gasteiger partial charge in [0.25, 0.3) is 0 Å². The van der Waals surface area contributed by atoms with Crippen LogP contribution in [0.15, 0.2) is 188 Å². The van der Waals surface area contributed by atoms with E-state index >= 15 is 0 Å². The van der Waals surface area contributed by atoms with Crippen molar-refractivity contribution in [1.82, 2.24) is 0 Å². The maximum Gasteiger partial charge on any atom is 0.416 e. The van der Waals surface area contributed by atoms with Gasteiger partial charge in [-0.2, -0.15) is 26.3 Å². The molecule has 0 aliphatic carbocycles. The molecule has 0 heterocycles. The molecule has 0 saturated carbocycles. The predicted octanol–water partition coefficient (Wildman–Crippen LogP) is 23.9. The number of hydrogen-bond acceptors (Lipinski definition) is 0. The van der Waals surface area contributed by atoms with Gasteiger partial charge in [0.05, 0.1) is 11.1 Å². The second kappa shape index (κ2) is 43.5. The molecule has 9 rings (SSSR count). The van der Waals surface area contributed by atoms with Crippen molar-refractivity contribution in [3.63, 3.8) is 0 Å². The second-order valence-electron chi connectivity index (χ2n) is 19.5. The van der Waals surface area contributed by atoms with Crippen LogP contribution in [-0.2, 0) is 70.1 Å². The highest BCUT2D eigenvalue weighted by Crippen LogP contribution is 2.30. The highest BCUT2D eigenvalue weighted by atomic mass is 19.4. The van der Waals surface area contributed by atoms with E-state index in [0.717, 1.165) is 97.0 Å². The Hall–Kier alpha value is -8.28. The molecule has 498 valence electrons. The molecule has 0 N–H and O–H groups in total. The first-order chi connectivity index (χ1) is 43.4. The normalized spacial score (nSPS) is 10.3. The summed E-state index contributed by atoms with van der Waals surface area (Å²) < 4.78 is 221. The summed E-state index contributed by atoms with van der Waals surface area (Å²) in [5.74, 6) is -6.02. The highest BCUT2D eigenvalue weighted by molar-refractivity contribution is 5.27. The molecule has 0 amide bonds. The lowest BCUT2D eigenvalue weighted by Gasteiger charge is -2.06. The Labute approximate surface area is 528 Å². The minimum absolute atomic E-state index is 0.144. The molecule has 0 atom stereocenters. The van der Waals surface area contributed by atoms with Gasteiger partial charge in [0.2, 0.25) is 0 Å². The van der Waals surface area contributed by atoms with Crippen LogP contribution in [0.2, 0.25) is 0 Å². The maximum absolute atomic E-state index is 12.6. The summed E-state index contributed by atoms with van der Waals surface area (Å²) in [6.45, 7) is 17.0. The Bertz CT molecular complexity index is 3480. The van der Waals surface area contributed by atoms with E-state index in [1.807, 2.05) is 54.5 Å². The van der Waals surface area contributed by atoms with Crippen LogP contribution in [0.1, 0.15) is 124 Å². The third kappa shape index (κ3) is 33.2. The third-order valence-electron chi connectivity index (χ3n) is 12.9. The van der Waals surface area contributed by atoms with Gasteiger partial charge in [0.15, 0.2) is 23.3 Å². The van der Waals surface area contributed by atoms with Crippen LogP contribution in [0.5, 0.6) is 0 Å². The fourth-order valence-electron chi connectivity index (χ4n) is 7.39. The summed E-state index contributed by atoms with van der Waals surface area (Å²) in [4.78, 5) is 0. The Morgan fingerprint density at radius 2 is 0.620 bits per heavy atom. The van der Waals surface area contributed by atoms with Gasteiger partial charge in [-0.15, -0.1) is 0 Å². The quantitative estimate of drug-likeness (QED) is 0.126. The Morgan fingerprint density at radius 3 is 1.05 bits per heavy atom. The number of benzene rings is 9. The number of alkyl halides is 6. The van der Waals surface area contributed by atoms with Gasteiger partial charge >= 0.3 is 12.4 Å². The molecule has 0 fully saturated rings. The van der Waals surface area contributed by atoms with Crippen molar-refractivity contribution >= 4 is 0 Å². The summed E-state index contributed by atoms with van der Waals surface area (Å²) in [5, 5.41) is 0. The second-order valence-corrected chi connectivity index (χ2v) is 19.5. The zero-order valence-electron chi connectivity index (χ0n) is 52.6. The van der Waals surface area contributed by atoms with Gasteiger partial charge in [-0.25, -0.2) is 52.7 Å². The Balaban J connectivity index is 0.000000518. The first-order valence-corrected chi connectivity index (χ1v) is 29.4. The van der Waals surface area contributed by atoms with Gasteiger partial charge < -0.3 is 0 Å². The van der Waals surface area contributed by atoms with Crippen LogP contribution < -0.4 is 0 Å². The van der Waals surface area contributed by atoms with Crippen molar-refractivity contribution in [2.75, 3.05) is 0 Å². The summed E-state index contributed by atoms with van der Waals surface area (Å²) in [7, 11) is 0. The molecule has 0 radical (unpaired) electrons. The van der Waals surface area contributed by atoms with Crippen LogP contribution in [-0.4, -0.2) is 0 Å². The molecule has 0 unspecified atom stereocenters. The van der Waals surface area contributed by atoms with E-state index in [1.165, 1.54) is 90.5 Å². The van der Waals surface area contributed by atoms with Gasteiger partial charge in [0, 0.05) is 12.1 Å². The van der Waals surface area contributed by atoms with E-state index in [0.29, 0.717) is 59.9 Å². The van der Waals surface area contributed by atoms with Crippen molar-refractivity contribution in [1.29, 1.82) is 0 Å². The zero-order chi connectivity index (χ0) is 69.6. The van der Waals surface area contributed by atoms with Gasteiger partial charge in [-0.3, -0.25) is 0 Å². The third-order valence-corrected chi connectivity index (χ3v) is 12.9. The SMILES string of the molecule is CCc1cc(F)cc(F)c1.CCc1cc(F)ccc1F.CCc1ccc(C(F)(F)F)cc1.CCc1ccc(F)c(F)c1.CCc1ccc(F)cc1.CCc1ccc(F)cc1F.CCc1cccc(C(F)(F)F)c1.CCc1cccc(F)c1.CCc1cccc(F)c1F. The van der Waals surface area contributed by atoms with Crippen LogP contribution in [0, 0.1) is 69.8 Å². The minimum Gasteiger partial charge on any atom is -0.207 e. The van der Waals surface area contributed by atoms with Crippen LogP contribution >= 0.6 is 0 Å². The standard InChI is InChI=1S/2C9H9F3.5C8H8F2.2C8H9F/c1-2-7-3-5-8(6-4-7)9(10,11)12;1-2-7-4-3-5-8(6-7)9(10,11)12;1-2-6-3-7(9)5-8(10)4-6;1-2-6-5-7(9)3-4-8(6)10;1-2-6-3-4-7(9)5-8(6)10;1-2-6-3-4-7(9)8(10)5-6;1-2-6-4-3-5-7(9)8(6)10;1-2-7-3-5-8(9)6-4-7;1-2-7-4-3-5-8(9)6-7/h2*3-6H,2H2,1H3;5*3-5H,2H2,1H3;2*3-6H,2H2,1H3. The lowest BCUT2D eigenvalue weighted by atomic mass is 10.1. The topological polar surface area (TPSA) is 0 Å². The first-order valence-electron chi connectivity index (χ1n) is 29.4. The van der Waals surface area contributed by atoms with Crippen molar-refractivity contribution in [3.8, 4) is 0 Å². The summed E-state index contributed by atoms with van der Waals surface area (Å²) in [6, 6.07) is 42.7. The fraction of sp³-hybridized carbons (Fsp3) is 0.270. The summed E-state index contributed by atoms with van der Waals surface area (Å²) >= 11 is 0. The van der Waals surface area contributed by atoms with Crippen LogP contribution in [0.25, 0.3) is 0 Å². The van der Waals surface area contributed by atoms with Gasteiger partial charge in [0.1, 0.15) is 46.5 Å². The van der Waals surface area contributed by atoms with Crippen LogP contribution in [0.4, 0.5) is 79.0 Å². The summed E-state index contributed by atoms with van der Waals surface area (Å²) in [6.07, 6.45) is -2.11. The van der Waals surface area contributed by atoms with Crippen molar-refractivity contribution in [2.45, 2.75) is 132 Å². The molecular formula is C74H76F18. The Morgan fingerprint density at radius 1 is 0.217 bits per heavy atom. The van der Waals surface area contributed by atoms with Gasteiger partial charge in [-0.1, -0.05) is 141 Å². The van der Waals surface area contributed by atoms with E-state index in [4.69, 9.17) is 0 Å². The molecule has 18 heteroatoms. The lowest BCUT2D eigenvalue weighted by Crippen LogP contribution is -2.04.